The minimum Gasteiger partial charge on any atom is -0.507 e. The summed E-state index contributed by atoms with van der Waals surface area (Å²) in [5.41, 5.74) is 5.94. The molecule has 5 rings (SSSR count). The van der Waals surface area contributed by atoms with Crippen molar-refractivity contribution in [2.24, 2.45) is 0 Å². The minimum absolute atomic E-state index is 0.168. The van der Waals surface area contributed by atoms with Gasteiger partial charge in [0.1, 0.15) is 11.5 Å². The van der Waals surface area contributed by atoms with E-state index in [4.69, 9.17) is 0 Å². The molecule has 0 aliphatic heterocycles. The van der Waals surface area contributed by atoms with Gasteiger partial charge in [-0.1, -0.05) is 192 Å². The van der Waals surface area contributed by atoms with Crippen LogP contribution in [0.2, 0.25) is 0 Å². The molecule has 0 saturated carbocycles. The van der Waals surface area contributed by atoms with Gasteiger partial charge in [-0.05, 0) is 73.3 Å². The maximum absolute atomic E-state index is 12.5. The third-order valence-corrected chi connectivity index (χ3v) is 12.3. The number of aromatic hydroxyl groups is 2. The van der Waals surface area contributed by atoms with Crippen molar-refractivity contribution in [2.75, 3.05) is 0 Å². The van der Waals surface area contributed by atoms with Gasteiger partial charge in [0.15, 0.2) is 0 Å². The summed E-state index contributed by atoms with van der Waals surface area (Å²) in [6.45, 7) is 26.4. The summed E-state index contributed by atoms with van der Waals surface area (Å²) in [6, 6.07) is 39.1. The lowest BCUT2D eigenvalue weighted by atomic mass is 9.72. The highest BCUT2D eigenvalue weighted by atomic mass is 31.1. The van der Waals surface area contributed by atoms with E-state index in [-0.39, 0.29) is 21.7 Å². The highest BCUT2D eigenvalue weighted by Gasteiger charge is 2.35. The highest BCUT2D eigenvalue weighted by molar-refractivity contribution is 7.79. The molecule has 0 saturated heterocycles. The Hall–Kier alpha value is -3.87. The molecule has 2 nitrogen and oxygen atoms in total. The van der Waals surface area contributed by atoms with Crippen molar-refractivity contribution in [3.05, 3.63) is 148 Å². The molecule has 0 aromatic heterocycles. The van der Waals surface area contributed by atoms with E-state index in [2.05, 4.69) is 192 Å². The van der Waals surface area contributed by atoms with E-state index in [0.29, 0.717) is 11.5 Å². The van der Waals surface area contributed by atoms with Crippen LogP contribution >= 0.6 is 7.92 Å². The van der Waals surface area contributed by atoms with Gasteiger partial charge < -0.3 is 10.2 Å². The first kappa shape index (κ1) is 37.4. The van der Waals surface area contributed by atoms with Crippen LogP contribution < -0.4 is 15.9 Å². The molecule has 0 aliphatic carbocycles. The van der Waals surface area contributed by atoms with Crippen molar-refractivity contribution in [3.8, 4) is 11.5 Å². The lowest BCUT2D eigenvalue weighted by Gasteiger charge is -2.34. The number of phenols is 2. The van der Waals surface area contributed by atoms with E-state index in [1.807, 2.05) is 0 Å². The van der Waals surface area contributed by atoms with Gasteiger partial charge in [-0.3, -0.25) is 0 Å². The molecule has 5 aromatic carbocycles. The first-order valence-electron chi connectivity index (χ1n) is 17.9. The van der Waals surface area contributed by atoms with Crippen LogP contribution in [-0.2, 0) is 21.7 Å². The molecule has 0 atom stereocenters. The van der Waals surface area contributed by atoms with E-state index < -0.39 is 13.8 Å². The minimum atomic E-state index is -0.983. The number of benzene rings is 5. The summed E-state index contributed by atoms with van der Waals surface area (Å²) in [4.78, 5) is 0. The Balaban J connectivity index is 2.00. The van der Waals surface area contributed by atoms with Crippen LogP contribution in [0, 0.1) is 0 Å². The van der Waals surface area contributed by atoms with Crippen molar-refractivity contribution in [1.29, 1.82) is 0 Å². The third-order valence-electron chi connectivity index (χ3n) is 9.77. The number of rotatable bonds is 6. The van der Waals surface area contributed by atoms with Crippen LogP contribution in [0.1, 0.15) is 128 Å². The summed E-state index contributed by atoms with van der Waals surface area (Å²) in [6.07, 6.45) is 0. The molecular formula is C47H57O2P. The van der Waals surface area contributed by atoms with Crippen LogP contribution in [0.3, 0.4) is 0 Å². The molecule has 0 unspecified atom stereocenters. The van der Waals surface area contributed by atoms with Gasteiger partial charge >= 0.3 is 0 Å². The second-order valence-corrected chi connectivity index (χ2v) is 20.1. The van der Waals surface area contributed by atoms with Crippen LogP contribution in [0.4, 0.5) is 0 Å². The molecule has 0 spiro atoms. The third kappa shape index (κ3) is 7.72. The highest BCUT2D eigenvalue weighted by Crippen LogP contribution is 2.50. The van der Waals surface area contributed by atoms with Crippen LogP contribution in [0.25, 0.3) is 0 Å². The van der Waals surface area contributed by atoms with Gasteiger partial charge in [-0.2, -0.15) is 0 Å². The summed E-state index contributed by atoms with van der Waals surface area (Å²) < 4.78 is 0. The summed E-state index contributed by atoms with van der Waals surface area (Å²) in [5, 5.41) is 28.8. The lowest BCUT2D eigenvalue weighted by molar-refractivity contribution is 0.429. The molecule has 0 radical (unpaired) electrons. The van der Waals surface area contributed by atoms with E-state index >= 15 is 0 Å². The second-order valence-electron chi connectivity index (χ2n) is 17.9. The molecular weight excluding hydrogens is 627 g/mol. The zero-order valence-electron chi connectivity index (χ0n) is 32.3. The molecule has 0 heterocycles. The van der Waals surface area contributed by atoms with E-state index in [1.165, 1.54) is 15.9 Å². The summed E-state index contributed by atoms with van der Waals surface area (Å²) in [5.74, 6) is 0.147. The fourth-order valence-electron chi connectivity index (χ4n) is 6.78. The quantitative estimate of drug-likeness (QED) is 0.138. The Labute approximate surface area is 303 Å². The van der Waals surface area contributed by atoms with Crippen molar-refractivity contribution < 1.29 is 10.2 Å². The summed E-state index contributed by atoms with van der Waals surface area (Å²) in [7, 11) is -0.983. The van der Waals surface area contributed by atoms with Gasteiger partial charge in [0.05, 0.1) is 0 Å². The molecule has 0 amide bonds. The molecule has 0 bridgehead atoms. The molecule has 3 heteroatoms. The maximum Gasteiger partial charge on any atom is 0.123 e. The zero-order valence-corrected chi connectivity index (χ0v) is 33.2. The predicted octanol–water partition coefficient (Wildman–Crippen LogP) is 11.2. The maximum atomic E-state index is 12.5. The van der Waals surface area contributed by atoms with Crippen LogP contribution in [0.15, 0.2) is 109 Å². The second kappa shape index (κ2) is 13.7. The van der Waals surface area contributed by atoms with Gasteiger partial charge in [0.2, 0.25) is 0 Å². The van der Waals surface area contributed by atoms with Crippen LogP contribution in [0.5, 0.6) is 11.5 Å². The fourth-order valence-corrected chi connectivity index (χ4v) is 9.27. The topological polar surface area (TPSA) is 40.5 Å². The van der Waals surface area contributed by atoms with Crippen LogP contribution in [-0.4, -0.2) is 10.2 Å². The molecule has 0 fully saturated rings. The Morgan fingerprint density at radius 1 is 0.420 bits per heavy atom. The van der Waals surface area contributed by atoms with E-state index in [1.54, 1.807) is 0 Å². The van der Waals surface area contributed by atoms with Crippen molar-refractivity contribution in [2.45, 2.75) is 111 Å². The Morgan fingerprint density at radius 3 is 1.14 bits per heavy atom. The average Bonchev–Trinajstić information content (AvgIpc) is 3.02. The number of hydrogen-bond acceptors (Lipinski definition) is 2. The molecule has 5 aromatic rings. The number of phenolic OH excluding ortho intramolecular Hbond substituents is 2. The molecule has 2 N–H and O–H groups in total. The molecule has 0 aliphatic rings. The standard InChI is InChI=1S/C47H57O2P/c1-44(2,3)31-27-36(42(48)38(29-31)46(7,8)9)41(37-28-32(45(4,5)6)30-39(43(37)49)47(10,11)12)35-25-19-20-26-40(35)50(33-21-15-13-16-22-33)34-23-17-14-18-24-34/h13-30,41,48-49H,1-12H3. The SMILES string of the molecule is CC(C)(C)c1cc(C(c2ccccc2P(c2ccccc2)c2ccccc2)c2cc(C(C)(C)C)cc(C(C)(C)C)c2O)c(O)c(C(C)(C)C)c1. The largest absolute Gasteiger partial charge is 0.507 e. The Kier molecular flexibility index (Phi) is 10.2. The van der Waals surface area contributed by atoms with Gasteiger partial charge in [-0.25, -0.2) is 0 Å². The molecule has 262 valence electrons. The van der Waals surface area contributed by atoms with E-state index in [9.17, 15) is 10.2 Å². The summed E-state index contributed by atoms with van der Waals surface area (Å²) >= 11 is 0. The monoisotopic (exact) mass is 684 g/mol. The zero-order chi connectivity index (χ0) is 36.8. The van der Waals surface area contributed by atoms with E-state index in [0.717, 1.165) is 38.9 Å². The van der Waals surface area contributed by atoms with Crippen molar-refractivity contribution >= 4 is 23.8 Å². The first-order chi connectivity index (χ1) is 23.2. The predicted molar refractivity (Wildman–Crippen MR) is 217 cm³/mol. The smallest absolute Gasteiger partial charge is 0.123 e. The lowest BCUT2D eigenvalue weighted by Crippen LogP contribution is -2.26. The van der Waals surface area contributed by atoms with Gasteiger partial charge in [-0.15, -0.1) is 0 Å². The normalized spacial score (nSPS) is 12.9. The Morgan fingerprint density at radius 2 is 0.780 bits per heavy atom. The van der Waals surface area contributed by atoms with Crippen molar-refractivity contribution in [3.63, 3.8) is 0 Å². The van der Waals surface area contributed by atoms with Gasteiger partial charge in [0.25, 0.3) is 0 Å². The number of hydrogen-bond donors (Lipinski definition) is 2. The first-order valence-corrected chi connectivity index (χ1v) is 19.3. The molecule has 50 heavy (non-hydrogen) atoms. The average molecular weight is 685 g/mol. The Bertz CT molecular complexity index is 1830. The van der Waals surface area contributed by atoms with Crippen molar-refractivity contribution in [1.82, 2.24) is 0 Å². The fraction of sp³-hybridized carbons (Fsp3) is 0.362. The van der Waals surface area contributed by atoms with Gasteiger partial charge in [0, 0.05) is 17.0 Å².